The largest absolute Gasteiger partial charge is 0.492 e. The van der Waals surface area contributed by atoms with Crippen LogP contribution in [0.5, 0.6) is 5.75 Å². The van der Waals surface area contributed by atoms with Crippen LogP contribution in [0.25, 0.3) is 21.8 Å². The van der Waals surface area contributed by atoms with E-state index in [4.69, 9.17) is 9.47 Å². The van der Waals surface area contributed by atoms with Gasteiger partial charge in [0.15, 0.2) is 0 Å². The van der Waals surface area contributed by atoms with Crippen LogP contribution in [0.1, 0.15) is 48.1 Å². The summed E-state index contributed by atoms with van der Waals surface area (Å²) in [4.78, 5) is 19.2. The van der Waals surface area contributed by atoms with Crippen molar-refractivity contribution in [2.45, 2.75) is 58.8 Å². The predicted octanol–water partition coefficient (Wildman–Crippen LogP) is 6.52. The van der Waals surface area contributed by atoms with Gasteiger partial charge in [0.2, 0.25) is 5.56 Å². The van der Waals surface area contributed by atoms with E-state index in [1.54, 1.807) is 6.07 Å². The van der Waals surface area contributed by atoms with Crippen LogP contribution in [-0.2, 0) is 24.0 Å². The van der Waals surface area contributed by atoms with Crippen molar-refractivity contribution in [3.63, 3.8) is 0 Å². The Balaban J connectivity index is 1.08. The molecule has 238 valence electrons. The minimum Gasteiger partial charge on any atom is -0.492 e. The molecule has 3 heterocycles. The molecule has 1 fully saturated rings. The molecular formula is C34H43F3N4O3. The van der Waals surface area contributed by atoms with E-state index in [1.807, 2.05) is 32.0 Å². The van der Waals surface area contributed by atoms with Crippen LogP contribution in [-0.4, -0.2) is 72.4 Å². The topological polar surface area (TPSA) is 62.7 Å². The molecule has 44 heavy (non-hydrogen) atoms. The maximum Gasteiger partial charge on any atom is 0.417 e. The molecule has 4 aromatic rings. The molecule has 1 saturated heterocycles. The van der Waals surface area contributed by atoms with Gasteiger partial charge in [-0.2, -0.15) is 13.2 Å². The van der Waals surface area contributed by atoms with E-state index in [0.717, 1.165) is 101 Å². The number of aryl methyl sites for hydroxylation is 2. The molecule has 0 bridgehead atoms. The zero-order chi connectivity index (χ0) is 31.3. The Morgan fingerprint density at radius 2 is 1.68 bits per heavy atom. The van der Waals surface area contributed by atoms with Crippen molar-refractivity contribution in [3.05, 3.63) is 75.2 Å². The van der Waals surface area contributed by atoms with Crippen LogP contribution in [0.15, 0.2) is 47.3 Å². The Hall–Kier alpha value is -3.34. The highest BCUT2D eigenvalue weighted by atomic mass is 19.4. The number of alkyl halides is 3. The molecule has 2 aromatic heterocycles. The number of nitrogens with zero attached hydrogens (tertiary/aromatic N) is 3. The second kappa shape index (κ2) is 14.2. The maximum absolute atomic E-state index is 13.9. The van der Waals surface area contributed by atoms with E-state index in [2.05, 4.69) is 38.5 Å². The molecule has 1 aliphatic heterocycles. The first-order chi connectivity index (χ1) is 21.1. The number of pyridine rings is 1. The van der Waals surface area contributed by atoms with Crippen molar-refractivity contribution in [2.24, 2.45) is 0 Å². The summed E-state index contributed by atoms with van der Waals surface area (Å²) in [5, 5.41) is 0.640. The van der Waals surface area contributed by atoms with E-state index in [1.165, 1.54) is 5.56 Å². The Bertz CT molecular complexity index is 1610. The van der Waals surface area contributed by atoms with E-state index in [9.17, 15) is 18.0 Å². The monoisotopic (exact) mass is 612 g/mol. The van der Waals surface area contributed by atoms with Crippen molar-refractivity contribution >= 4 is 21.8 Å². The number of fused-ring (bicyclic) bond motifs is 3. The minimum atomic E-state index is -4.61. The quantitative estimate of drug-likeness (QED) is 0.174. The normalized spacial score (nSPS) is 14.7. The van der Waals surface area contributed by atoms with Crippen LogP contribution in [0.3, 0.4) is 0 Å². The first kappa shape index (κ1) is 32.1. The summed E-state index contributed by atoms with van der Waals surface area (Å²) < 4.78 is 55.1. The smallest absolute Gasteiger partial charge is 0.417 e. The van der Waals surface area contributed by atoms with E-state index < -0.39 is 17.3 Å². The van der Waals surface area contributed by atoms with Crippen LogP contribution >= 0.6 is 0 Å². The van der Waals surface area contributed by atoms with Crippen molar-refractivity contribution in [1.29, 1.82) is 0 Å². The fourth-order valence-corrected chi connectivity index (χ4v) is 6.23. The van der Waals surface area contributed by atoms with Gasteiger partial charge in [-0.15, -0.1) is 0 Å². The van der Waals surface area contributed by atoms with Crippen LogP contribution < -0.4 is 10.3 Å². The van der Waals surface area contributed by atoms with Crippen molar-refractivity contribution in [2.75, 3.05) is 53.0 Å². The van der Waals surface area contributed by atoms with Gasteiger partial charge in [-0.25, -0.2) is 0 Å². The molecule has 2 aromatic carbocycles. The highest BCUT2D eigenvalue weighted by Gasteiger charge is 2.34. The Morgan fingerprint density at radius 3 is 2.41 bits per heavy atom. The number of aromatic amines is 1. The first-order valence-electron chi connectivity index (χ1n) is 15.5. The number of hydrogen-bond acceptors (Lipinski definition) is 5. The average Bonchev–Trinajstić information content (AvgIpc) is 3.24. The molecule has 0 aliphatic carbocycles. The number of unbranched alkanes of at least 4 members (excludes halogenated alkanes) is 3. The lowest BCUT2D eigenvalue weighted by molar-refractivity contribution is -0.136. The standard InChI is InChI=1S/C34H43F3N4O3/c1-24-25(2)41(30-13-12-29-33(32(24)30)28(34(35,36)37)22-31(42)38-29)15-7-5-4-6-14-39(3)23-26-8-10-27(11-9-26)44-21-18-40-16-19-43-20-17-40/h8-13,22H,4-7,14-21,23H2,1-3H3,(H,38,42). The van der Waals surface area contributed by atoms with E-state index >= 15 is 0 Å². The fourth-order valence-electron chi connectivity index (χ4n) is 6.23. The number of nitrogens with one attached hydrogen (secondary N) is 1. The first-order valence-corrected chi connectivity index (χ1v) is 15.5. The van der Waals surface area contributed by atoms with Crippen LogP contribution in [0.4, 0.5) is 13.2 Å². The van der Waals surface area contributed by atoms with Crippen LogP contribution in [0.2, 0.25) is 0 Å². The highest BCUT2D eigenvalue weighted by molar-refractivity contribution is 6.09. The van der Waals surface area contributed by atoms with Crippen LogP contribution in [0, 0.1) is 13.8 Å². The van der Waals surface area contributed by atoms with E-state index in [-0.39, 0.29) is 10.9 Å². The molecule has 7 nitrogen and oxygen atoms in total. The molecular weight excluding hydrogens is 569 g/mol. The third kappa shape index (κ3) is 7.65. The number of morpholine rings is 1. The number of aromatic nitrogens is 2. The number of ether oxygens (including phenoxy) is 2. The van der Waals surface area contributed by atoms with Gasteiger partial charge in [0.1, 0.15) is 12.4 Å². The Labute approximate surface area is 256 Å². The lowest BCUT2D eigenvalue weighted by atomic mass is 10.0. The number of benzene rings is 2. The van der Waals surface area contributed by atoms with E-state index in [0.29, 0.717) is 18.1 Å². The van der Waals surface area contributed by atoms with Gasteiger partial charge in [-0.3, -0.25) is 9.69 Å². The van der Waals surface area contributed by atoms with Gasteiger partial charge in [0.25, 0.3) is 0 Å². The summed E-state index contributed by atoms with van der Waals surface area (Å²) in [7, 11) is 2.14. The average molecular weight is 613 g/mol. The minimum absolute atomic E-state index is 0.0722. The number of halogens is 3. The third-order valence-electron chi connectivity index (χ3n) is 8.73. The predicted molar refractivity (Wildman–Crippen MR) is 169 cm³/mol. The zero-order valence-electron chi connectivity index (χ0n) is 25.9. The second-order valence-electron chi connectivity index (χ2n) is 11.9. The van der Waals surface area contributed by atoms with Crippen molar-refractivity contribution in [1.82, 2.24) is 19.4 Å². The summed E-state index contributed by atoms with van der Waals surface area (Å²) in [5.41, 5.74) is 2.39. The highest BCUT2D eigenvalue weighted by Crippen LogP contribution is 2.39. The van der Waals surface area contributed by atoms with Gasteiger partial charge < -0.3 is 23.9 Å². The van der Waals surface area contributed by atoms with Gasteiger partial charge in [0.05, 0.1) is 18.8 Å². The lowest BCUT2D eigenvalue weighted by Gasteiger charge is -2.26. The number of hydrogen-bond donors (Lipinski definition) is 1. The molecule has 0 spiro atoms. The van der Waals surface area contributed by atoms with Gasteiger partial charge in [0, 0.05) is 66.3 Å². The summed E-state index contributed by atoms with van der Waals surface area (Å²) >= 11 is 0. The third-order valence-corrected chi connectivity index (χ3v) is 8.73. The van der Waals surface area contributed by atoms with Crippen molar-refractivity contribution < 1.29 is 22.6 Å². The summed E-state index contributed by atoms with van der Waals surface area (Å²) in [6.07, 6.45) is -0.471. The molecule has 1 aliphatic rings. The van der Waals surface area contributed by atoms with Crippen molar-refractivity contribution in [3.8, 4) is 5.75 Å². The SMILES string of the molecule is Cc1c(C)n(CCCCCCN(C)Cc2ccc(OCCN3CCOCC3)cc2)c2ccc3[nH]c(=O)cc(C(F)(F)F)c3c12. The van der Waals surface area contributed by atoms with Gasteiger partial charge >= 0.3 is 6.18 Å². The Morgan fingerprint density at radius 1 is 0.955 bits per heavy atom. The summed E-state index contributed by atoms with van der Waals surface area (Å²) in [6, 6.07) is 12.4. The number of H-pyrrole nitrogens is 1. The molecule has 1 N–H and O–H groups in total. The summed E-state index contributed by atoms with van der Waals surface area (Å²) in [6.45, 7) is 11.6. The fraction of sp³-hybridized carbons (Fsp3) is 0.500. The lowest BCUT2D eigenvalue weighted by Crippen LogP contribution is -2.38. The summed E-state index contributed by atoms with van der Waals surface area (Å²) in [5.74, 6) is 0.898. The maximum atomic E-state index is 13.9. The molecule has 0 atom stereocenters. The van der Waals surface area contributed by atoms with Gasteiger partial charge in [-0.1, -0.05) is 25.0 Å². The molecule has 10 heteroatoms. The molecule has 0 unspecified atom stereocenters. The molecule has 0 amide bonds. The molecule has 0 radical (unpaired) electrons. The number of rotatable bonds is 13. The van der Waals surface area contributed by atoms with Gasteiger partial charge in [-0.05, 0) is 75.7 Å². The zero-order valence-corrected chi connectivity index (χ0v) is 25.9. The second-order valence-corrected chi connectivity index (χ2v) is 11.9. The Kier molecular flexibility index (Phi) is 10.3. The molecule has 5 rings (SSSR count). The molecule has 0 saturated carbocycles.